The second-order valence-corrected chi connectivity index (χ2v) is 5.64. The second kappa shape index (κ2) is 7.82. The van der Waals surface area contributed by atoms with Gasteiger partial charge in [-0.2, -0.15) is 0 Å². The molecule has 19 heavy (non-hydrogen) atoms. The van der Waals surface area contributed by atoms with Crippen LogP contribution in [-0.4, -0.2) is 74.1 Å². The molecule has 2 heterocycles. The Balaban J connectivity index is 1.65. The van der Waals surface area contributed by atoms with Gasteiger partial charge in [0.05, 0.1) is 6.54 Å². The highest BCUT2D eigenvalue weighted by atomic mass is 16.2. The van der Waals surface area contributed by atoms with E-state index in [1.54, 1.807) is 0 Å². The Labute approximate surface area is 116 Å². The van der Waals surface area contributed by atoms with Crippen molar-refractivity contribution in [1.82, 2.24) is 20.4 Å². The largest absolute Gasteiger partial charge is 0.355 e. The molecule has 5 nitrogen and oxygen atoms in total. The van der Waals surface area contributed by atoms with E-state index in [9.17, 15) is 4.79 Å². The predicted molar refractivity (Wildman–Crippen MR) is 77.2 cm³/mol. The van der Waals surface area contributed by atoms with Crippen molar-refractivity contribution in [3.8, 4) is 0 Å². The molecule has 0 saturated carbocycles. The standard InChI is InChI=1S/C14H28N4O/c1-2-5-16-14(19)12-17-8-3-13(4-9-17)18-10-6-15-7-11-18/h13,15H,2-12H2,1H3,(H,16,19). The Hall–Kier alpha value is -0.650. The lowest BCUT2D eigenvalue weighted by molar-refractivity contribution is -0.122. The number of piperazine rings is 1. The fourth-order valence-electron chi connectivity index (χ4n) is 3.01. The minimum absolute atomic E-state index is 0.183. The molecule has 0 atom stereocenters. The number of carbonyl (C=O) groups is 1. The van der Waals surface area contributed by atoms with Gasteiger partial charge in [0.1, 0.15) is 0 Å². The van der Waals surface area contributed by atoms with Gasteiger partial charge in [0.2, 0.25) is 5.91 Å². The van der Waals surface area contributed by atoms with E-state index in [1.807, 2.05) is 0 Å². The normalized spacial score (nSPS) is 23.4. The first-order valence-electron chi connectivity index (χ1n) is 7.73. The SMILES string of the molecule is CCCNC(=O)CN1CCC(N2CCNCC2)CC1. The van der Waals surface area contributed by atoms with E-state index < -0.39 is 0 Å². The summed E-state index contributed by atoms with van der Waals surface area (Å²) < 4.78 is 0. The van der Waals surface area contributed by atoms with Crippen molar-refractivity contribution < 1.29 is 4.79 Å². The molecule has 2 aliphatic heterocycles. The van der Waals surface area contributed by atoms with Crippen LogP contribution in [0.25, 0.3) is 0 Å². The maximum Gasteiger partial charge on any atom is 0.234 e. The molecule has 0 aromatic rings. The van der Waals surface area contributed by atoms with Crippen LogP contribution >= 0.6 is 0 Å². The third-order valence-electron chi connectivity index (χ3n) is 4.16. The summed E-state index contributed by atoms with van der Waals surface area (Å²) in [5, 5.41) is 6.36. The summed E-state index contributed by atoms with van der Waals surface area (Å²) in [6.45, 7) is 10.2. The van der Waals surface area contributed by atoms with Crippen LogP contribution in [0.2, 0.25) is 0 Å². The molecule has 0 aromatic heterocycles. The maximum atomic E-state index is 11.7. The van der Waals surface area contributed by atoms with Crippen LogP contribution < -0.4 is 10.6 Å². The molecule has 2 rings (SSSR count). The highest BCUT2D eigenvalue weighted by molar-refractivity contribution is 5.77. The van der Waals surface area contributed by atoms with Gasteiger partial charge in [-0.1, -0.05) is 6.92 Å². The average molecular weight is 268 g/mol. The predicted octanol–water partition coefficient (Wildman–Crippen LogP) is -0.118. The topological polar surface area (TPSA) is 47.6 Å². The lowest BCUT2D eigenvalue weighted by Crippen LogP contribution is -2.52. The van der Waals surface area contributed by atoms with Gasteiger partial charge in [-0.15, -0.1) is 0 Å². The van der Waals surface area contributed by atoms with Crippen LogP contribution in [0.4, 0.5) is 0 Å². The first-order valence-corrected chi connectivity index (χ1v) is 7.73. The second-order valence-electron chi connectivity index (χ2n) is 5.64. The van der Waals surface area contributed by atoms with Gasteiger partial charge in [-0.05, 0) is 19.3 Å². The van der Waals surface area contributed by atoms with E-state index >= 15 is 0 Å². The number of hydrogen-bond donors (Lipinski definition) is 2. The third kappa shape index (κ3) is 4.75. The van der Waals surface area contributed by atoms with Crippen molar-refractivity contribution >= 4 is 5.91 Å². The van der Waals surface area contributed by atoms with E-state index in [1.165, 1.54) is 25.9 Å². The Kier molecular flexibility index (Phi) is 6.07. The molecular weight excluding hydrogens is 240 g/mol. The van der Waals surface area contributed by atoms with Crippen LogP contribution in [0.1, 0.15) is 26.2 Å². The van der Waals surface area contributed by atoms with Gasteiger partial charge in [0.25, 0.3) is 0 Å². The number of amides is 1. The monoisotopic (exact) mass is 268 g/mol. The van der Waals surface area contributed by atoms with E-state index in [0.717, 1.165) is 45.2 Å². The molecular formula is C14H28N4O. The van der Waals surface area contributed by atoms with Gasteiger partial charge in [-0.3, -0.25) is 14.6 Å². The molecule has 0 aliphatic carbocycles. The fraction of sp³-hybridized carbons (Fsp3) is 0.929. The highest BCUT2D eigenvalue weighted by Crippen LogP contribution is 2.16. The van der Waals surface area contributed by atoms with Crippen LogP contribution in [0.5, 0.6) is 0 Å². The molecule has 2 fully saturated rings. The summed E-state index contributed by atoms with van der Waals surface area (Å²) in [6, 6.07) is 0.733. The van der Waals surface area contributed by atoms with Crippen LogP contribution in [0.3, 0.4) is 0 Å². The zero-order chi connectivity index (χ0) is 13.5. The summed E-state index contributed by atoms with van der Waals surface area (Å²) in [5.41, 5.74) is 0. The zero-order valence-corrected chi connectivity index (χ0v) is 12.2. The molecule has 110 valence electrons. The van der Waals surface area contributed by atoms with Crippen molar-refractivity contribution in [2.24, 2.45) is 0 Å². The highest BCUT2D eigenvalue weighted by Gasteiger charge is 2.25. The Morgan fingerprint density at radius 1 is 1.21 bits per heavy atom. The smallest absolute Gasteiger partial charge is 0.234 e. The van der Waals surface area contributed by atoms with Crippen molar-refractivity contribution in [1.29, 1.82) is 0 Å². The van der Waals surface area contributed by atoms with Gasteiger partial charge >= 0.3 is 0 Å². The Morgan fingerprint density at radius 2 is 1.89 bits per heavy atom. The number of rotatable bonds is 5. The molecule has 0 unspecified atom stereocenters. The van der Waals surface area contributed by atoms with E-state index in [0.29, 0.717) is 6.54 Å². The van der Waals surface area contributed by atoms with Crippen LogP contribution in [0, 0.1) is 0 Å². The molecule has 0 bridgehead atoms. The Bertz CT molecular complexity index is 271. The molecule has 0 spiro atoms. The summed E-state index contributed by atoms with van der Waals surface area (Å²) >= 11 is 0. The van der Waals surface area contributed by atoms with E-state index in [-0.39, 0.29) is 5.91 Å². The number of nitrogens with one attached hydrogen (secondary N) is 2. The number of likely N-dealkylation sites (tertiary alicyclic amines) is 1. The summed E-state index contributed by atoms with van der Waals surface area (Å²) in [7, 11) is 0. The first-order chi connectivity index (χ1) is 9.29. The van der Waals surface area contributed by atoms with E-state index in [4.69, 9.17) is 0 Å². The lowest BCUT2D eigenvalue weighted by atomic mass is 10.0. The minimum atomic E-state index is 0.183. The van der Waals surface area contributed by atoms with Gasteiger partial charge < -0.3 is 10.6 Å². The van der Waals surface area contributed by atoms with Gasteiger partial charge in [0.15, 0.2) is 0 Å². The average Bonchev–Trinajstić information content (AvgIpc) is 2.47. The number of hydrogen-bond acceptors (Lipinski definition) is 4. The molecule has 0 radical (unpaired) electrons. The number of carbonyl (C=O) groups excluding carboxylic acids is 1. The lowest BCUT2D eigenvalue weighted by Gasteiger charge is -2.40. The summed E-state index contributed by atoms with van der Waals surface area (Å²) in [6.07, 6.45) is 3.43. The molecule has 5 heteroatoms. The van der Waals surface area contributed by atoms with Gasteiger partial charge in [-0.25, -0.2) is 0 Å². The van der Waals surface area contributed by atoms with Crippen molar-refractivity contribution in [2.75, 3.05) is 52.4 Å². The maximum absolute atomic E-state index is 11.7. The molecule has 2 N–H and O–H groups in total. The molecule has 1 amide bonds. The third-order valence-corrected chi connectivity index (χ3v) is 4.16. The minimum Gasteiger partial charge on any atom is -0.355 e. The van der Waals surface area contributed by atoms with Crippen molar-refractivity contribution in [3.05, 3.63) is 0 Å². The quantitative estimate of drug-likeness (QED) is 0.730. The Morgan fingerprint density at radius 3 is 2.53 bits per heavy atom. The molecule has 2 saturated heterocycles. The number of piperidine rings is 1. The fourth-order valence-corrected chi connectivity index (χ4v) is 3.01. The zero-order valence-electron chi connectivity index (χ0n) is 12.2. The summed E-state index contributed by atoms with van der Waals surface area (Å²) in [4.78, 5) is 16.6. The van der Waals surface area contributed by atoms with Crippen molar-refractivity contribution in [3.63, 3.8) is 0 Å². The van der Waals surface area contributed by atoms with Crippen LogP contribution in [0.15, 0.2) is 0 Å². The van der Waals surface area contributed by atoms with Crippen molar-refractivity contribution in [2.45, 2.75) is 32.2 Å². The van der Waals surface area contributed by atoms with Crippen LogP contribution in [-0.2, 0) is 4.79 Å². The summed E-state index contributed by atoms with van der Waals surface area (Å²) in [5.74, 6) is 0.183. The first kappa shape index (κ1) is 14.8. The molecule has 0 aromatic carbocycles. The number of nitrogens with zero attached hydrogens (tertiary/aromatic N) is 2. The molecule has 2 aliphatic rings. The van der Waals surface area contributed by atoms with Gasteiger partial charge in [0, 0.05) is 51.9 Å². The van der Waals surface area contributed by atoms with E-state index in [2.05, 4.69) is 27.4 Å².